The standard InChI is InChI=1S/C22H22F3N7O3S/c1-12-4-7-18(32(2)36(3,34)35)17(28-12)11-26-20-15(22(23,24)25)10-27-21(31-20)29-14-6-5-13-8-19(33)30-16(13)9-14/h4-7,9-10H,8,11H2,1-3H3,(H,30,33)(H2,26,27,29,31). The Bertz CT molecular complexity index is 1450. The molecule has 0 aliphatic carbocycles. The summed E-state index contributed by atoms with van der Waals surface area (Å²) in [5, 5.41) is 8.17. The maximum Gasteiger partial charge on any atom is 0.421 e. The summed E-state index contributed by atoms with van der Waals surface area (Å²) < 4.78 is 66.0. The maximum absolute atomic E-state index is 13.7. The molecule has 190 valence electrons. The van der Waals surface area contributed by atoms with Crippen LogP contribution < -0.4 is 20.3 Å². The van der Waals surface area contributed by atoms with E-state index in [9.17, 15) is 26.4 Å². The molecule has 0 bridgehead atoms. The van der Waals surface area contributed by atoms with Crippen LogP contribution in [0.15, 0.2) is 36.5 Å². The molecule has 3 N–H and O–H groups in total. The average Bonchev–Trinajstić information content (AvgIpc) is 3.15. The van der Waals surface area contributed by atoms with Gasteiger partial charge in [0.15, 0.2) is 0 Å². The lowest BCUT2D eigenvalue weighted by molar-refractivity contribution is -0.137. The largest absolute Gasteiger partial charge is 0.421 e. The molecule has 3 heterocycles. The summed E-state index contributed by atoms with van der Waals surface area (Å²) in [4.78, 5) is 23.7. The number of hydrogen-bond acceptors (Lipinski definition) is 8. The Balaban J connectivity index is 1.63. The van der Waals surface area contributed by atoms with Crippen LogP contribution in [0.1, 0.15) is 22.5 Å². The van der Waals surface area contributed by atoms with Crippen LogP contribution in [0, 0.1) is 6.92 Å². The lowest BCUT2D eigenvalue weighted by atomic mass is 10.1. The van der Waals surface area contributed by atoms with E-state index in [4.69, 9.17) is 0 Å². The summed E-state index contributed by atoms with van der Waals surface area (Å²) in [5.41, 5.74) is 1.78. The molecule has 0 unspecified atom stereocenters. The van der Waals surface area contributed by atoms with Crippen LogP contribution in [0.25, 0.3) is 0 Å². The van der Waals surface area contributed by atoms with E-state index in [2.05, 4.69) is 30.9 Å². The number of benzene rings is 1. The average molecular weight is 522 g/mol. The van der Waals surface area contributed by atoms with Gasteiger partial charge in [0.2, 0.25) is 21.9 Å². The first kappa shape index (κ1) is 25.2. The Morgan fingerprint density at radius 2 is 1.92 bits per heavy atom. The van der Waals surface area contributed by atoms with Crippen molar-refractivity contribution in [3.05, 3.63) is 59.0 Å². The van der Waals surface area contributed by atoms with Gasteiger partial charge in [-0.05, 0) is 36.8 Å². The molecule has 3 aromatic rings. The highest BCUT2D eigenvalue weighted by atomic mass is 32.2. The van der Waals surface area contributed by atoms with Crippen molar-refractivity contribution in [2.75, 3.05) is 33.6 Å². The molecule has 0 radical (unpaired) electrons. The molecule has 4 rings (SSSR count). The van der Waals surface area contributed by atoms with E-state index in [1.54, 1.807) is 31.2 Å². The third kappa shape index (κ3) is 5.48. The van der Waals surface area contributed by atoms with E-state index in [1.807, 2.05) is 0 Å². The molecule has 2 aromatic heterocycles. The normalized spacial score (nSPS) is 13.2. The van der Waals surface area contributed by atoms with Gasteiger partial charge in [-0.15, -0.1) is 0 Å². The Morgan fingerprint density at radius 1 is 1.17 bits per heavy atom. The molecule has 10 nitrogen and oxygen atoms in total. The van der Waals surface area contributed by atoms with E-state index in [1.165, 1.54) is 13.1 Å². The molecule has 0 saturated carbocycles. The van der Waals surface area contributed by atoms with Gasteiger partial charge in [-0.25, -0.2) is 13.4 Å². The molecule has 0 saturated heterocycles. The highest BCUT2D eigenvalue weighted by Crippen LogP contribution is 2.35. The number of halogens is 3. The summed E-state index contributed by atoms with van der Waals surface area (Å²) in [7, 11) is -2.30. The molecule has 36 heavy (non-hydrogen) atoms. The molecule has 0 atom stereocenters. The van der Waals surface area contributed by atoms with Gasteiger partial charge >= 0.3 is 6.18 Å². The number of amides is 1. The number of carbonyl (C=O) groups excluding carboxylic acids is 1. The fourth-order valence-electron chi connectivity index (χ4n) is 3.57. The first-order chi connectivity index (χ1) is 16.8. The second-order valence-corrected chi connectivity index (χ2v) is 10.2. The SMILES string of the molecule is Cc1ccc(N(C)S(C)(=O)=O)c(CNc2nc(Nc3ccc4c(c3)NC(=O)C4)ncc2C(F)(F)F)n1. The Morgan fingerprint density at radius 3 is 2.61 bits per heavy atom. The van der Waals surface area contributed by atoms with Crippen molar-refractivity contribution >= 4 is 44.8 Å². The molecule has 1 amide bonds. The predicted octanol–water partition coefficient (Wildman–Crippen LogP) is 3.44. The summed E-state index contributed by atoms with van der Waals surface area (Å²) >= 11 is 0. The van der Waals surface area contributed by atoms with E-state index in [0.717, 1.165) is 16.1 Å². The summed E-state index contributed by atoms with van der Waals surface area (Å²) in [5.74, 6) is -0.767. The van der Waals surface area contributed by atoms with E-state index in [0.29, 0.717) is 23.3 Å². The Hall–Kier alpha value is -3.94. The predicted molar refractivity (Wildman–Crippen MR) is 129 cm³/mol. The molecule has 1 aliphatic rings. The zero-order valence-corrected chi connectivity index (χ0v) is 20.3. The fourth-order valence-corrected chi connectivity index (χ4v) is 4.10. The third-order valence-electron chi connectivity index (χ3n) is 5.43. The highest BCUT2D eigenvalue weighted by Gasteiger charge is 2.35. The van der Waals surface area contributed by atoms with Crippen molar-refractivity contribution < 1.29 is 26.4 Å². The highest BCUT2D eigenvalue weighted by molar-refractivity contribution is 7.92. The van der Waals surface area contributed by atoms with Crippen LogP contribution in [-0.4, -0.2) is 42.6 Å². The minimum Gasteiger partial charge on any atom is -0.364 e. The maximum atomic E-state index is 13.7. The molecule has 14 heteroatoms. The van der Waals surface area contributed by atoms with Crippen LogP contribution >= 0.6 is 0 Å². The summed E-state index contributed by atoms with van der Waals surface area (Å²) in [6.07, 6.45) is -2.83. The number of rotatable bonds is 7. The molecule has 1 aliphatic heterocycles. The number of pyridine rings is 1. The van der Waals surface area contributed by atoms with Crippen LogP contribution in [0.2, 0.25) is 0 Å². The number of carbonyl (C=O) groups is 1. The van der Waals surface area contributed by atoms with Crippen molar-refractivity contribution in [3.8, 4) is 0 Å². The molecule has 0 fully saturated rings. The Kier molecular flexibility index (Phi) is 6.47. The van der Waals surface area contributed by atoms with Crippen LogP contribution in [0.4, 0.5) is 42.0 Å². The third-order valence-corrected chi connectivity index (χ3v) is 6.63. The number of aromatic nitrogens is 3. The van der Waals surface area contributed by atoms with Crippen LogP contribution in [-0.2, 0) is 34.0 Å². The summed E-state index contributed by atoms with van der Waals surface area (Å²) in [6, 6.07) is 8.16. The van der Waals surface area contributed by atoms with Gasteiger partial charge in [0.25, 0.3) is 0 Å². The minimum absolute atomic E-state index is 0.111. The number of fused-ring (bicyclic) bond motifs is 1. The second-order valence-electron chi connectivity index (χ2n) is 8.18. The topological polar surface area (TPSA) is 129 Å². The van der Waals surface area contributed by atoms with Crippen molar-refractivity contribution in [2.24, 2.45) is 0 Å². The lowest BCUT2D eigenvalue weighted by Gasteiger charge is -2.21. The number of nitrogens with one attached hydrogen (secondary N) is 3. The first-order valence-electron chi connectivity index (χ1n) is 10.6. The van der Waals surface area contributed by atoms with Crippen molar-refractivity contribution in [1.29, 1.82) is 0 Å². The second kappa shape index (κ2) is 9.26. The quantitative estimate of drug-likeness (QED) is 0.431. The smallest absolute Gasteiger partial charge is 0.364 e. The minimum atomic E-state index is -4.74. The van der Waals surface area contributed by atoms with Crippen molar-refractivity contribution in [2.45, 2.75) is 26.1 Å². The number of hydrogen-bond donors (Lipinski definition) is 3. The number of nitrogens with zero attached hydrogens (tertiary/aromatic N) is 4. The van der Waals surface area contributed by atoms with Gasteiger partial charge in [0, 0.05) is 30.3 Å². The van der Waals surface area contributed by atoms with E-state index in [-0.39, 0.29) is 36.2 Å². The van der Waals surface area contributed by atoms with E-state index < -0.39 is 27.6 Å². The van der Waals surface area contributed by atoms with Gasteiger partial charge < -0.3 is 16.0 Å². The number of sulfonamides is 1. The number of aryl methyl sites for hydroxylation is 1. The van der Waals surface area contributed by atoms with Gasteiger partial charge in [-0.1, -0.05) is 6.07 Å². The van der Waals surface area contributed by atoms with Gasteiger partial charge in [-0.2, -0.15) is 18.2 Å². The van der Waals surface area contributed by atoms with Gasteiger partial charge in [0.1, 0.15) is 11.4 Å². The first-order valence-corrected chi connectivity index (χ1v) is 12.4. The van der Waals surface area contributed by atoms with Crippen LogP contribution in [0.3, 0.4) is 0 Å². The number of alkyl halides is 3. The molecular formula is C22H22F3N7O3S. The van der Waals surface area contributed by atoms with Crippen molar-refractivity contribution in [1.82, 2.24) is 15.0 Å². The Labute approximate surface area is 205 Å². The lowest BCUT2D eigenvalue weighted by Crippen LogP contribution is -2.27. The fraction of sp³-hybridized carbons (Fsp3) is 0.273. The summed E-state index contributed by atoms with van der Waals surface area (Å²) in [6.45, 7) is 1.45. The van der Waals surface area contributed by atoms with Crippen molar-refractivity contribution in [3.63, 3.8) is 0 Å². The molecule has 1 aromatic carbocycles. The molecule has 0 spiro atoms. The zero-order chi connectivity index (χ0) is 26.3. The number of anilines is 5. The molecular weight excluding hydrogens is 499 g/mol. The van der Waals surface area contributed by atoms with Gasteiger partial charge in [-0.3, -0.25) is 14.1 Å². The van der Waals surface area contributed by atoms with E-state index >= 15 is 0 Å². The van der Waals surface area contributed by atoms with Gasteiger partial charge in [0.05, 0.1) is 30.6 Å². The van der Waals surface area contributed by atoms with Crippen LogP contribution in [0.5, 0.6) is 0 Å². The monoisotopic (exact) mass is 521 g/mol. The zero-order valence-electron chi connectivity index (χ0n) is 19.4.